The number of tetrazole rings is 1. The number of piperidine rings is 1. The first kappa shape index (κ1) is 17.7. The van der Waals surface area contributed by atoms with Gasteiger partial charge in [0.05, 0.1) is 25.7 Å². The maximum atomic E-state index is 12.8. The number of halogens is 2. The van der Waals surface area contributed by atoms with E-state index in [0.29, 0.717) is 31.9 Å². The summed E-state index contributed by atoms with van der Waals surface area (Å²) in [5.74, 6) is 0.192. The van der Waals surface area contributed by atoms with Crippen molar-refractivity contribution >= 4 is 5.91 Å². The van der Waals surface area contributed by atoms with Crippen molar-refractivity contribution in [3.63, 3.8) is 0 Å². The Balaban J connectivity index is 2.06. The van der Waals surface area contributed by atoms with Gasteiger partial charge in [0.25, 0.3) is 6.43 Å². The number of H-pyrrole nitrogens is 1. The summed E-state index contributed by atoms with van der Waals surface area (Å²) in [6.07, 6.45) is -0.176. The molecule has 0 saturated carbocycles. The molecule has 1 aliphatic rings. The van der Waals surface area contributed by atoms with Gasteiger partial charge < -0.3 is 9.64 Å². The molecule has 1 aliphatic heterocycles. The van der Waals surface area contributed by atoms with Crippen molar-refractivity contribution < 1.29 is 18.3 Å². The van der Waals surface area contributed by atoms with E-state index in [1.807, 2.05) is 0 Å². The van der Waals surface area contributed by atoms with E-state index in [4.69, 9.17) is 4.74 Å². The number of rotatable bonds is 8. The maximum absolute atomic E-state index is 12.8. The molecule has 23 heavy (non-hydrogen) atoms. The van der Waals surface area contributed by atoms with Crippen molar-refractivity contribution in [1.82, 2.24) is 30.4 Å². The molecule has 10 heteroatoms. The van der Waals surface area contributed by atoms with Crippen LogP contribution in [-0.2, 0) is 16.1 Å². The van der Waals surface area contributed by atoms with Crippen LogP contribution in [0, 0.1) is 0 Å². The molecule has 1 saturated heterocycles. The summed E-state index contributed by atoms with van der Waals surface area (Å²) in [6, 6.07) is -0.526. The van der Waals surface area contributed by atoms with Crippen molar-refractivity contribution in [1.29, 1.82) is 0 Å². The summed E-state index contributed by atoms with van der Waals surface area (Å²) in [5.41, 5.74) is 0. The second-order valence-corrected chi connectivity index (χ2v) is 5.48. The Bertz CT molecular complexity index is 473. The van der Waals surface area contributed by atoms with E-state index in [-0.39, 0.29) is 19.0 Å². The van der Waals surface area contributed by atoms with Crippen molar-refractivity contribution in [3.8, 4) is 0 Å². The molecule has 1 unspecified atom stereocenters. The molecule has 1 aromatic heterocycles. The molecule has 0 aromatic carbocycles. The predicted molar refractivity (Wildman–Crippen MR) is 76.7 cm³/mol. The number of carbonyl (C=O) groups is 1. The molecular weight excluding hydrogens is 310 g/mol. The van der Waals surface area contributed by atoms with Crippen LogP contribution in [0.25, 0.3) is 0 Å². The molecular formula is C13H22F2N6O2. The highest BCUT2D eigenvalue weighted by molar-refractivity contribution is 5.82. The topological polar surface area (TPSA) is 87.2 Å². The number of likely N-dealkylation sites (tertiary alicyclic amines) is 1. The van der Waals surface area contributed by atoms with E-state index in [9.17, 15) is 13.6 Å². The van der Waals surface area contributed by atoms with Crippen molar-refractivity contribution in [2.75, 3.05) is 33.4 Å². The summed E-state index contributed by atoms with van der Waals surface area (Å²) in [6.45, 7) is 1.02. The van der Waals surface area contributed by atoms with Gasteiger partial charge in [0.1, 0.15) is 0 Å². The number of amides is 1. The minimum atomic E-state index is -2.45. The monoisotopic (exact) mass is 332 g/mol. The summed E-state index contributed by atoms with van der Waals surface area (Å²) in [4.78, 5) is 15.9. The molecule has 0 bridgehead atoms. The standard InChI is InChI=1S/C13H22F2N6O2/c1-23-7-6-21(9-12-16-18-19-17-12)13(22)10-4-2-3-5-20(10)8-11(14)15/h10-11H,2-9H2,1H3,(H,16,17,18,19). The Hall–Kier alpha value is -1.68. The quantitative estimate of drug-likeness (QED) is 0.736. The molecule has 1 fully saturated rings. The average Bonchev–Trinajstić information content (AvgIpc) is 3.04. The van der Waals surface area contributed by atoms with Gasteiger partial charge in [-0.25, -0.2) is 8.78 Å². The Morgan fingerprint density at radius 1 is 1.52 bits per heavy atom. The number of ether oxygens (including phenoxy) is 1. The van der Waals surface area contributed by atoms with Crippen LogP contribution < -0.4 is 0 Å². The average molecular weight is 332 g/mol. The predicted octanol–water partition coefficient (Wildman–Crippen LogP) is 0.294. The Labute approximate surface area is 133 Å². The number of alkyl halides is 2. The molecule has 1 amide bonds. The van der Waals surface area contributed by atoms with Crippen molar-refractivity contribution in [2.24, 2.45) is 0 Å². The number of aromatic nitrogens is 4. The normalized spacial score (nSPS) is 19.2. The fraction of sp³-hybridized carbons (Fsp3) is 0.846. The highest BCUT2D eigenvalue weighted by Crippen LogP contribution is 2.20. The van der Waals surface area contributed by atoms with E-state index < -0.39 is 12.5 Å². The lowest BCUT2D eigenvalue weighted by Gasteiger charge is -2.37. The molecule has 0 radical (unpaired) electrons. The number of methoxy groups -OCH3 is 1. The van der Waals surface area contributed by atoms with Gasteiger partial charge in [0.15, 0.2) is 5.82 Å². The van der Waals surface area contributed by atoms with E-state index in [0.717, 1.165) is 12.8 Å². The molecule has 8 nitrogen and oxygen atoms in total. The van der Waals surface area contributed by atoms with E-state index >= 15 is 0 Å². The molecule has 1 N–H and O–H groups in total. The van der Waals surface area contributed by atoms with Crippen LogP contribution in [0.15, 0.2) is 0 Å². The summed E-state index contributed by atoms with van der Waals surface area (Å²) < 4.78 is 30.5. The van der Waals surface area contributed by atoms with E-state index in [1.165, 1.54) is 0 Å². The van der Waals surface area contributed by atoms with Gasteiger partial charge in [-0.05, 0) is 19.4 Å². The molecule has 2 rings (SSSR count). The van der Waals surface area contributed by atoms with Crippen molar-refractivity contribution in [3.05, 3.63) is 5.82 Å². The summed E-state index contributed by atoms with van der Waals surface area (Å²) >= 11 is 0. The zero-order chi connectivity index (χ0) is 16.7. The number of carbonyl (C=O) groups excluding carboxylic acids is 1. The first-order valence-corrected chi connectivity index (χ1v) is 7.64. The van der Waals surface area contributed by atoms with Crippen LogP contribution in [0.2, 0.25) is 0 Å². The molecule has 1 atom stereocenters. The third-order valence-corrected chi connectivity index (χ3v) is 3.87. The van der Waals surface area contributed by atoms with Gasteiger partial charge in [0, 0.05) is 13.7 Å². The number of hydrogen-bond donors (Lipinski definition) is 1. The Morgan fingerprint density at radius 3 is 3.00 bits per heavy atom. The third-order valence-electron chi connectivity index (χ3n) is 3.87. The molecule has 2 heterocycles. The maximum Gasteiger partial charge on any atom is 0.251 e. The van der Waals surface area contributed by atoms with Crippen LogP contribution in [0.1, 0.15) is 25.1 Å². The van der Waals surface area contributed by atoms with Gasteiger partial charge >= 0.3 is 0 Å². The van der Waals surface area contributed by atoms with E-state index in [2.05, 4.69) is 20.6 Å². The molecule has 1 aromatic rings. The minimum Gasteiger partial charge on any atom is -0.383 e. The smallest absolute Gasteiger partial charge is 0.251 e. The van der Waals surface area contributed by atoms with Crippen LogP contribution in [0.3, 0.4) is 0 Å². The van der Waals surface area contributed by atoms with Crippen LogP contribution >= 0.6 is 0 Å². The summed E-state index contributed by atoms with van der Waals surface area (Å²) in [7, 11) is 1.54. The van der Waals surface area contributed by atoms with Crippen LogP contribution in [-0.4, -0.2) is 82.1 Å². The zero-order valence-corrected chi connectivity index (χ0v) is 13.1. The Kier molecular flexibility index (Phi) is 6.78. The highest BCUT2D eigenvalue weighted by atomic mass is 19.3. The summed E-state index contributed by atoms with van der Waals surface area (Å²) in [5, 5.41) is 13.5. The number of nitrogens with zero attached hydrogens (tertiary/aromatic N) is 5. The van der Waals surface area contributed by atoms with Gasteiger partial charge in [-0.3, -0.25) is 9.69 Å². The lowest BCUT2D eigenvalue weighted by molar-refractivity contribution is -0.140. The van der Waals surface area contributed by atoms with Crippen LogP contribution in [0.5, 0.6) is 0 Å². The molecule has 130 valence electrons. The lowest BCUT2D eigenvalue weighted by Crippen LogP contribution is -2.52. The minimum absolute atomic E-state index is 0.178. The Morgan fingerprint density at radius 2 is 2.35 bits per heavy atom. The van der Waals surface area contributed by atoms with Crippen LogP contribution in [0.4, 0.5) is 8.78 Å². The van der Waals surface area contributed by atoms with Gasteiger partial charge in [0.2, 0.25) is 5.91 Å². The fourth-order valence-corrected chi connectivity index (χ4v) is 2.77. The molecule has 0 aliphatic carbocycles. The van der Waals surface area contributed by atoms with Crippen molar-refractivity contribution in [2.45, 2.75) is 38.3 Å². The van der Waals surface area contributed by atoms with E-state index in [1.54, 1.807) is 16.9 Å². The zero-order valence-electron chi connectivity index (χ0n) is 13.1. The third kappa shape index (κ3) is 5.17. The first-order valence-electron chi connectivity index (χ1n) is 7.64. The largest absolute Gasteiger partial charge is 0.383 e. The second-order valence-electron chi connectivity index (χ2n) is 5.48. The molecule has 0 spiro atoms. The number of nitrogens with one attached hydrogen (secondary N) is 1. The second kappa shape index (κ2) is 8.82. The fourth-order valence-electron chi connectivity index (χ4n) is 2.77. The number of aromatic amines is 1. The van der Waals surface area contributed by atoms with Gasteiger partial charge in [-0.15, -0.1) is 10.2 Å². The number of hydrogen-bond acceptors (Lipinski definition) is 6. The first-order chi connectivity index (χ1) is 11.1. The van der Waals surface area contributed by atoms with Gasteiger partial charge in [-0.1, -0.05) is 11.6 Å². The lowest BCUT2D eigenvalue weighted by atomic mass is 10.0. The highest BCUT2D eigenvalue weighted by Gasteiger charge is 2.33. The van der Waals surface area contributed by atoms with Gasteiger partial charge in [-0.2, -0.15) is 5.21 Å². The SMILES string of the molecule is COCCN(Cc1nn[nH]n1)C(=O)C1CCCCN1CC(F)F.